The number of hydrogen-bond acceptors (Lipinski definition) is 4. The van der Waals surface area contributed by atoms with E-state index in [-0.39, 0.29) is 5.91 Å². The SMILES string of the molecule is CC(C)=CC(=O)N1CCc2c(nc(-c3ccccc3)nc2N(C)C)C1. The van der Waals surface area contributed by atoms with E-state index < -0.39 is 0 Å². The minimum absolute atomic E-state index is 0.0527. The topological polar surface area (TPSA) is 49.3 Å². The van der Waals surface area contributed by atoms with Crippen LogP contribution in [0, 0.1) is 0 Å². The van der Waals surface area contributed by atoms with Gasteiger partial charge < -0.3 is 9.80 Å². The summed E-state index contributed by atoms with van der Waals surface area (Å²) in [4.78, 5) is 25.8. The molecule has 1 aromatic heterocycles. The van der Waals surface area contributed by atoms with Gasteiger partial charge in [0.05, 0.1) is 12.2 Å². The van der Waals surface area contributed by atoms with E-state index in [1.165, 1.54) is 0 Å². The highest BCUT2D eigenvalue weighted by Crippen LogP contribution is 2.28. The second-order valence-corrected chi connectivity index (χ2v) is 6.79. The van der Waals surface area contributed by atoms with Crippen molar-refractivity contribution in [2.75, 3.05) is 25.5 Å². The number of allylic oxidation sites excluding steroid dienone is 1. The predicted molar refractivity (Wildman–Crippen MR) is 100 cm³/mol. The lowest BCUT2D eigenvalue weighted by atomic mass is 10.0. The average molecular weight is 336 g/mol. The largest absolute Gasteiger partial charge is 0.362 e. The van der Waals surface area contributed by atoms with Crippen LogP contribution in [0.1, 0.15) is 25.1 Å². The van der Waals surface area contributed by atoms with Crippen LogP contribution in [-0.4, -0.2) is 41.4 Å². The third-order valence-electron chi connectivity index (χ3n) is 4.22. The second kappa shape index (κ2) is 7.05. The van der Waals surface area contributed by atoms with Crippen LogP contribution in [0.2, 0.25) is 0 Å². The molecule has 2 aromatic rings. The van der Waals surface area contributed by atoms with Crippen LogP contribution in [0.4, 0.5) is 5.82 Å². The van der Waals surface area contributed by atoms with E-state index in [1.54, 1.807) is 6.08 Å². The number of anilines is 1. The number of nitrogens with zero attached hydrogens (tertiary/aromatic N) is 4. The van der Waals surface area contributed by atoms with Gasteiger partial charge in [0.1, 0.15) is 5.82 Å². The zero-order valence-electron chi connectivity index (χ0n) is 15.3. The maximum Gasteiger partial charge on any atom is 0.246 e. The van der Waals surface area contributed by atoms with Crippen molar-refractivity contribution in [2.24, 2.45) is 0 Å². The zero-order chi connectivity index (χ0) is 18.0. The number of amides is 1. The van der Waals surface area contributed by atoms with Gasteiger partial charge in [0.25, 0.3) is 0 Å². The third kappa shape index (κ3) is 3.71. The first kappa shape index (κ1) is 17.1. The summed E-state index contributed by atoms with van der Waals surface area (Å²) < 4.78 is 0. The van der Waals surface area contributed by atoms with E-state index in [1.807, 2.05) is 68.1 Å². The van der Waals surface area contributed by atoms with Crippen LogP contribution in [0.3, 0.4) is 0 Å². The van der Waals surface area contributed by atoms with E-state index in [0.717, 1.165) is 34.6 Å². The Balaban J connectivity index is 2.01. The lowest BCUT2D eigenvalue weighted by Gasteiger charge is -2.30. The van der Waals surface area contributed by atoms with Crippen molar-refractivity contribution in [3.05, 3.63) is 53.2 Å². The average Bonchev–Trinajstić information content (AvgIpc) is 2.60. The number of benzene rings is 1. The zero-order valence-corrected chi connectivity index (χ0v) is 15.3. The number of hydrogen-bond donors (Lipinski definition) is 0. The summed E-state index contributed by atoms with van der Waals surface area (Å²) in [5.74, 6) is 1.70. The molecule has 0 saturated heterocycles. The highest BCUT2D eigenvalue weighted by Gasteiger charge is 2.25. The number of fused-ring (bicyclic) bond motifs is 1. The fourth-order valence-corrected chi connectivity index (χ4v) is 3.02. The van der Waals surface area contributed by atoms with Gasteiger partial charge in [-0.3, -0.25) is 4.79 Å². The van der Waals surface area contributed by atoms with Gasteiger partial charge in [0, 0.05) is 37.8 Å². The maximum absolute atomic E-state index is 12.4. The summed E-state index contributed by atoms with van der Waals surface area (Å²) in [5.41, 5.74) is 4.09. The molecule has 0 bridgehead atoms. The number of rotatable bonds is 3. The van der Waals surface area contributed by atoms with Crippen LogP contribution in [0.15, 0.2) is 42.0 Å². The Bertz CT molecular complexity index is 808. The molecule has 1 aliphatic rings. The quantitative estimate of drug-likeness (QED) is 0.808. The summed E-state index contributed by atoms with van der Waals surface area (Å²) >= 11 is 0. The molecule has 0 saturated carbocycles. The Kier molecular flexibility index (Phi) is 4.83. The standard InChI is InChI=1S/C20H24N4O/c1-14(2)12-18(25)24-11-10-16-17(13-24)21-19(22-20(16)23(3)4)15-8-6-5-7-9-15/h5-9,12H,10-11,13H2,1-4H3. The highest BCUT2D eigenvalue weighted by molar-refractivity contribution is 5.88. The minimum Gasteiger partial charge on any atom is -0.362 e. The van der Waals surface area contributed by atoms with Crippen LogP contribution < -0.4 is 4.90 Å². The Morgan fingerprint density at radius 3 is 2.52 bits per heavy atom. The van der Waals surface area contributed by atoms with Gasteiger partial charge in [-0.05, 0) is 20.3 Å². The number of carbonyl (C=O) groups excluding carboxylic acids is 1. The van der Waals surface area contributed by atoms with Gasteiger partial charge in [0.15, 0.2) is 5.82 Å². The van der Waals surface area contributed by atoms with Crippen LogP contribution in [-0.2, 0) is 17.8 Å². The first-order valence-electron chi connectivity index (χ1n) is 8.52. The first-order valence-corrected chi connectivity index (χ1v) is 8.52. The molecule has 0 spiro atoms. The summed E-state index contributed by atoms with van der Waals surface area (Å²) in [6.45, 7) is 5.11. The lowest BCUT2D eigenvalue weighted by Crippen LogP contribution is -2.36. The molecule has 0 N–H and O–H groups in total. The Morgan fingerprint density at radius 2 is 1.88 bits per heavy atom. The Morgan fingerprint density at radius 1 is 1.16 bits per heavy atom. The summed E-state index contributed by atoms with van der Waals surface area (Å²) in [7, 11) is 4.00. The van der Waals surface area contributed by atoms with Crippen LogP contribution >= 0.6 is 0 Å². The third-order valence-corrected chi connectivity index (χ3v) is 4.22. The molecule has 1 aromatic carbocycles. The smallest absolute Gasteiger partial charge is 0.246 e. The molecule has 1 aliphatic heterocycles. The summed E-state index contributed by atoms with van der Waals surface area (Å²) in [6.07, 6.45) is 2.47. The lowest BCUT2D eigenvalue weighted by molar-refractivity contribution is -0.127. The molecule has 5 nitrogen and oxygen atoms in total. The molecule has 130 valence electrons. The molecular formula is C20H24N4O. The fraction of sp³-hybridized carbons (Fsp3) is 0.350. The first-order chi connectivity index (χ1) is 12.0. The summed E-state index contributed by atoms with van der Waals surface area (Å²) in [5, 5.41) is 0. The van der Waals surface area contributed by atoms with Crippen molar-refractivity contribution in [2.45, 2.75) is 26.8 Å². The molecule has 25 heavy (non-hydrogen) atoms. The molecule has 2 heterocycles. The monoisotopic (exact) mass is 336 g/mol. The van der Waals surface area contributed by atoms with Gasteiger partial charge in [-0.25, -0.2) is 9.97 Å². The van der Waals surface area contributed by atoms with E-state index in [9.17, 15) is 4.79 Å². The van der Waals surface area contributed by atoms with Crippen LogP contribution in [0.5, 0.6) is 0 Å². The van der Waals surface area contributed by atoms with Crippen molar-refractivity contribution < 1.29 is 4.79 Å². The molecular weight excluding hydrogens is 312 g/mol. The molecule has 0 radical (unpaired) electrons. The van der Waals surface area contributed by atoms with Gasteiger partial charge >= 0.3 is 0 Å². The van der Waals surface area contributed by atoms with Gasteiger partial charge in [-0.2, -0.15) is 0 Å². The van der Waals surface area contributed by atoms with E-state index in [0.29, 0.717) is 18.9 Å². The van der Waals surface area contributed by atoms with Gasteiger partial charge in [-0.15, -0.1) is 0 Å². The predicted octanol–water partition coefficient (Wildman–Crippen LogP) is 3.06. The van der Waals surface area contributed by atoms with Crippen molar-refractivity contribution >= 4 is 11.7 Å². The number of carbonyl (C=O) groups is 1. The fourth-order valence-electron chi connectivity index (χ4n) is 3.02. The summed E-state index contributed by atoms with van der Waals surface area (Å²) in [6, 6.07) is 9.97. The van der Waals surface area contributed by atoms with Gasteiger partial charge in [-0.1, -0.05) is 35.9 Å². The molecule has 0 unspecified atom stereocenters. The highest BCUT2D eigenvalue weighted by atomic mass is 16.2. The van der Waals surface area contributed by atoms with Crippen molar-refractivity contribution in [1.82, 2.24) is 14.9 Å². The molecule has 0 aliphatic carbocycles. The van der Waals surface area contributed by atoms with Crippen LogP contribution in [0.25, 0.3) is 11.4 Å². The normalized spacial score (nSPS) is 13.2. The van der Waals surface area contributed by atoms with Crippen molar-refractivity contribution in [3.8, 4) is 11.4 Å². The molecule has 3 rings (SSSR count). The molecule has 5 heteroatoms. The molecule has 0 atom stereocenters. The molecule has 0 fully saturated rings. The second-order valence-electron chi connectivity index (χ2n) is 6.79. The Labute approximate surface area is 149 Å². The van der Waals surface area contributed by atoms with Crippen molar-refractivity contribution in [1.29, 1.82) is 0 Å². The van der Waals surface area contributed by atoms with Crippen molar-refractivity contribution in [3.63, 3.8) is 0 Å². The Hall–Kier alpha value is -2.69. The van der Waals surface area contributed by atoms with E-state index >= 15 is 0 Å². The minimum atomic E-state index is 0.0527. The van der Waals surface area contributed by atoms with E-state index in [4.69, 9.17) is 9.97 Å². The number of aromatic nitrogens is 2. The van der Waals surface area contributed by atoms with E-state index in [2.05, 4.69) is 0 Å². The molecule has 1 amide bonds. The maximum atomic E-state index is 12.4. The van der Waals surface area contributed by atoms with Gasteiger partial charge in [0.2, 0.25) is 5.91 Å².